The number of piperidine rings is 1. The van der Waals surface area contributed by atoms with Gasteiger partial charge in [-0.25, -0.2) is 8.78 Å². The van der Waals surface area contributed by atoms with Crippen LogP contribution in [-0.4, -0.2) is 25.7 Å². The van der Waals surface area contributed by atoms with E-state index in [1.807, 2.05) is 32.0 Å². The van der Waals surface area contributed by atoms with Gasteiger partial charge in [-0.3, -0.25) is 4.79 Å². The van der Waals surface area contributed by atoms with Crippen LogP contribution in [0, 0.1) is 17.0 Å². The van der Waals surface area contributed by atoms with Crippen LogP contribution in [-0.2, 0) is 17.6 Å². The summed E-state index contributed by atoms with van der Waals surface area (Å²) in [6.45, 7) is 4.42. The van der Waals surface area contributed by atoms with Crippen molar-refractivity contribution in [3.63, 3.8) is 0 Å². The van der Waals surface area contributed by atoms with Gasteiger partial charge in [-0.05, 0) is 86.2 Å². The second-order valence-electron chi connectivity index (χ2n) is 9.57. The maximum Gasteiger partial charge on any atom is 0.226 e. The second-order valence-corrected chi connectivity index (χ2v) is 9.57. The van der Waals surface area contributed by atoms with Crippen molar-refractivity contribution >= 4 is 5.91 Å². The molecule has 0 saturated carbocycles. The number of rotatable bonds is 8. The molecule has 0 spiro atoms. The van der Waals surface area contributed by atoms with Gasteiger partial charge in [-0.2, -0.15) is 0 Å². The summed E-state index contributed by atoms with van der Waals surface area (Å²) in [4.78, 5) is 13.4. The Kier molecular flexibility index (Phi) is 7.39. The van der Waals surface area contributed by atoms with Gasteiger partial charge < -0.3 is 14.8 Å². The number of hydrogen-bond donors (Lipinski definition) is 1. The van der Waals surface area contributed by atoms with E-state index in [9.17, 15) is 13.6 Å². The minimum absolute atomic E-state index is 0.0127. The Morgan fingerprint density at radius 2 is 1.49 bits per heavy atom. The van der Waals surface area contributed by atoms with Crippen LogP contribution < -0.4 is 14.8 Å². The van der Waals surface area contributed by atoms with Crippen LogP contribution >= 0.6 is 0 Å². The van der Waals surface area contributed by atoms with E-state index in [2.05, 4.69) is 5.32 Å². The minimum atomic E-state index is -0.780. The molecule has 1 amide bonds. The number of nitrogens with one attached hydrogen (secondary N) is 1. The highest BCUT2D eigenvalue weighted by Gasteiger charge is 2.44. The van der Waals surface area contributed by atoms with Gasteiger partial charge in [0.05, 0.1) is 18.6 Å². The lowest BCUT2D eigenvalue weighted by Crippen LogP contribution is -2.51. The molecule has 4 nitrogen and oxygen atoms in total. The van der Waals surface area contributed by atoms with Gasteiger partial charge in [0.25, 0.3) is 0 Å². The van der Waals surface area contributed by atoms with Gasteiger partial charge in [0, 0.05) is 12.5 Å². The van der Waals surface area contributed by atoms with E-state index in [0.717, 1.165) is 16.7 Å². The molecule has 1 atom stereocenters. The fraction of sp³-hybridized carbons (Fsp3) is 0.345. The standard InChI is InChI=1S/C29H31F2NO3/c1-19(2)35-27-14-22(8-13-26(27)34-3)23-17-29(28(33)32-18-23,15-20-4-9-24(30)10-5-20)16-21-6-11-25(31)12-7-21/h4-14,19,23H,15-18H2,1-3H3,(H,32,33). The predicted molar refractivity (Wildman–Crippen MR) is 132 cm³/mol. The molecule has 1 fully saturated rings. The number of benzene rings is 3. The van der Waals surface area contributed by atoms with Gasteiger partial charge in [-0.15, -0.1) is 0 Å². The molecule has 6 heteroatoms. The Morgan fingerprint density at radius 3 is 2.00 bits per heavy atom. The van der Waals surface area contributed by atoms with E-state index < -0.39 is 5.41 Å². The zero-order valence-corrected chi connectivity index (χ0v) is 20.3. The molecule has 0 radical (unpaired) electrons. The molecule has 1 saturated heterocycles. The van der Waals surface area contributed by atoms with Crippen LogP contribution in [0.15, 0.2) is 66.7 Å². The zero-order valence-electron chi connectivity index (χ0n) is 20.3. The summed E-state index contributed by atoms with van der Waals surface area (Å²) in [6.07, 6.45) is 1.46. The van der Waals surface area contributed by atoms with Crippen LogP contribution in [0.2, 0.25) is 0 Å². The topological polar surface area (TPSA) is 47.6 Å². The summed E-state index contributed by atoms with van der Waals surface area (Å²) in [7, 11) is 1.61. The van der Waals surface area contributed by atoms with Crippen LogP contribution in [0.3, 0.4) is 0 Å². The number of amides is 1. The number of halogens is 2. The Bertz CT molecular complexity index is 1110. The van der Waals surface area contributed by atoms with E-state index in [0.29, 0.717) is 37.3 Å². The molecule has 3 aromatic rings. The number of carbonyl (C=O) groups is 1. The first kappa shape index (κ1) is 24.7. The number of ether oxygens (including phenoxy) is 2. The first-order valence-electron chi connectivity index (χ1n) is 11.9. The summed E-state index contributed by atoms with van der Waals surface area (Å²) in [6, 6.07) is 18.4. The second kappa shape index (κ2) is 10.5. The molecular weight excluding hydrogens is 448 g/mol. The van der Waals surface area contributed by atoms with Gasteiger partial charge in [0.1, 0.15) is 11.6 Å². The highest BCUT2D eigenvalue weighted by atomic mass is 19.1. The van der Waals surface area contributed by atoms with Crippen LogP contribution in [0.5, 0.6) is 11.5 Å². The predicted octanol–water partition coefficient (Wildman–Crippen LogP) is 5.84. The monoisotopic (exact) mass is 479 g/mol. The summed E-state index contributed by atoms with van der Waals surface area (Å²) < 4.78 is 38.6. The molecule has 4 rings (SSSR count). The molecule has 0 bridgehead atoms. The average Bonchev–Trinajstić information content (AvgIpc) is 2.83. The Balaban J connectivity index is 1.70. The number of hydrogen-bond acceptors (Lipinski definition) is 3. The summed E-state index contributed by atoms with van der Waals surface area (Å²) in [5.74, 6) is 0.681. The molecule has 1 aliphatic rings. The Morgan fingerprint density at radius 1 is 0.914 bits per heavy atom. The molecule has 3 aromatic carbocycles. The average molecular weight is 480 g/mol. The van der Waals surface area contributed by atoms with Gasteiger partial charge >= 0.3 is 0 Å². The van der Waals surface area contributed by atoms with Gasteiger partial charge in [0.2, 0.25) is 5.91 Å². The van der Waals surface area contributed by atoms with Crippen molar-refractivity contribution < 1.29 is 23.0 Å². The van der Waals surface area contributed by atoms with Gasteiger partial charge in [-0.1, -0.05) is 30.3 Å². The molecule has 184 valence electrons. The SMILES string of the molecule is COc1ccc(C2CNC(=O)C(Cc3ccc(F)cc3)(Cc3ccc(F)cc3)C2)cc1OC(C)C. The van der Waals surface area contributed by atoms with E-state index in [1.54, 1.807) is 31.4 Å². The van der Waals surface area contributed by atoms with E-state index in [4.69, 9.17) is 9.47 Å². The molecule has 1 unspecified atom stereocenters. The third-order valence-electron chi connectivity index (χ3n) is 6.56. The quantitative estimate of drug-likeness (QED) is 0.442. The third-order valence-corrected chi connectivity index (χ3v) is 6.56. The van der Waals surface area contributed by atoms with Gasteiger partial charge in [0.15, 0.2) is 11.5 Å². The molecule has 0 aliphatic carbocycles. The number of carbonyl (C=O) groups excluding carboxylic acids is 1. The summed E-state index contributed by atoms with van der Waals surface area (Å²) in [5.41, 5.74) is 2.02. The Hall–Kier alpha value is -3.41. The number of methoxy groups -OCH3 is 1. The van der Waals surface area contributed by atoms with Crippen molar-refractivity contribution in [2.24, 2.45) is 5.41 Å². The maximum absolute atomic E-state index is 13.6. The first-order chi connectivity index (χ1) is 16.8. The smallest absolute Gasteiger partial charge is 0.226 e. The van der Waals surface area contributed by atoms with E-state index in [1.165, 1.54) is 24.3 Å². The highest BCUT2D eigenvalue weighted by molar-refractivity contribution is 5.84. The zero-order chi connectivity index (χ0) is 25.0. The molecule has 1 N–H and O–H groups in total. The molecular formula is C29H31F2NO3. The van der Waals surface area contributed by atoms with Crippen molar-refractivity contribution in [1.82, 2.24) is 5.32 Å². The lowest BCUT2D eigenvalue weighted by atomic mass is 9.67. The molecule has 1 heterocycles. The fourth-order valence-electron chi connectivity index (χ4n) is 4.92. The third kappa shape index (κ3) is 5.81. The summed E-state index contributed by atoms with van der Waals surface area (Å²) in [5, 5.41) is 3.11. The van der Waals surface area contributed by atoms with Crippen molar-refractivity contribution in [2.45, 2.75) is 45.1 Å². The minimum Gasteiger partial charge on any atom is -0.493 e. The summed E-state index contributed by atoms with van der Waals surface area (Å²) >= 11 is 0. The highest BCUT2D eigenvalue weighted by Crippen LogP contribution is 2.43. The molecule has 35 heavy (non-hydrogen) atoms. The van der Waals surface area contributed by atoms with Crippen molar-refractivity contribution in [2.75, 3.05) is 13.7 Å². The first-order valence-corrected chi connectivity index (χ1v) is 11.9. The van der Waals surface area contributed by atoms with E-state index >= 15 is 0 Å². The van der Waals surface area contributed by atoms with Crippen molar-refractivity contribution in [3.8, 4) is 11.5 Å². The normalized spacial score (nSPS) is 17.2. The van der Waals surface area contributed by atoms with Crippen LogP contribution in [0.1, 0.15) is 42.9 Å². The van der Waals surface area contributed by atoms with Crippen molar-refractivity contribution in [1.29, 1.82) is 0 Å². The largest absolute Gasteiger partial charge is 0.493 e. The lowest BCUT2D eigenvalue weighted by Gasteiger charge is -2.41. The van der Waals surface area contributed by atoms with Crippen LogP contribution in [0.4, 0.5) is 8.78 Å². The van der Waals surface area contributed by atoms with Crippen molar-refractivity contribution in [3.05, 3.63) is 95.1 Å². The fourth-order valence-corrected chi connectivity index (χ4v) is 4.92. The Labute approximate surface area is 205 Å². The molecule has 0 aromatic heterocycles. The lowest BCUT2D eigenvalue weighted by molar-refractivity contribution is -0.134. The molecule has 1 aliphatic heterocycles. The van der Waals surface area contributed by atoms with E-state index in [-0.39, 0.29) is 29.6 Å². The van der Waals surface area contributed by atoms with Crippen LogP contribution in [0.25, 0.3) is 0 Å². The maximum atomic E-state index is 13.6.